The number of para-hydroxylation sites is 1. The number of carbonyl (C=O) groups excluding carboxylic acids is 2. The van der Waals surface area contributed by atoms with Crippen LogP contribution < -0.4 is 5.73 Å². The number of imidazole rings is 1. The summed E-state index contributed by atoms with van der Waals surface area (Å²) in [6.07, 6.45) is 5.21. The van der Waals surface area contributed by atoms with Gasteiger partial charge in [-0.2, -0.15) is 0 Å². The van der Waals surface area contributed by atoms with Crippen molar-refractivity contribution >= 4 is 22.8 Å². The summed E-state index contributed by atoms with van der Waals surface area (Å²) in [5.74, 6) is 0.717. The third-order valence-electron chi connectivity index (χ3n) is 5.10. The van der Waals surface area contributed by atoms with Crippen LogP contribution in [0, 0.1) is 6.92 Å². The van der Waals surface area contributed by atoms with Gasteiger partial charge >= 0.3 is 0 Å². The molecule has 1 aliphatic heterocycles. The molecule has 1 atom stereocenters. The van der Waals surface area contributed by atoms with E-state index in [-0.39, 0.29) is 18.4 Å². The molecule has 2 N–H and O–H groups in total. The van der Waals surface area contributed by atoms with Gasteiger partial charge in [0, 0.05) is 36.8 Å². The third-order valence-corrected chi connectivity index (χ3v) is 5.10. The first kappa shape index (κ1) is 17.3. The Morgan fingerprint density at radius 3 is 3.00 bits per heavy atom. The summed E-state index contributed by atoms with van der Waals surface area (Å²) < 4.78 is 7.61. The minimum absolute atomic E-state index is 0.0724. The van der Waals surface area contributed by atoms with Gasteiger partial charge in [0.25, 0.3) is 5.91 Å². The van der Waals surface area contributed by atoms with Gasteiger partial charge in [0.05, 0.1) is 0 Å². The fraction of sp³-hybridized carbons (Fsp3) is 0.350. The van der Waals surface area contributed by atoms with E-state index in [1.807, 2.05) is 36.1 Å². The van der Waals surface area contributed by atoms with Crippen molar-refractivity contribution in [3.63, 3.8) is 0 Å². The van der Waals surface area contributed by atoms with E-state index in [4.69, 9.17) is 10.2 Å². The molecule has 0 bridgehead atoms. The normalized spacial score (nSPS) is 17.4. The van der Waals surface area contributed by atoms with Crippen LogP contribution in [0.3, 0.4) is 0 Å². The molecule has 3 aromatic rings. The fourth-order valence-corrected chi connectivity index (χ4v) is 3.82. The number of hydrogen-bond acceptors (Lipinski definition) is 4. The molecule has 1 aliphatic rings. The Bertz CT molecular complexity index is 1000. The number of amides is 2. The smallest absolute Gasteiger partial charge is 0.289 e. The topological polar surface area (TPSA) is 94.4 Å². The maximum Gasteiger partial charge on any atom is 0.289 e. The molecule has 0 spiro atoms. The van der Waals surface area contributed by atoms with Crippen molar-refractivity contribution < 1.29 is 14.0 Å². The van der Waals surface area contributed by atoms with E-state index < -0.39 is 5.91 Å². The van der Waals surface area contributed by atoms with Gasteiger partial charge in [-0.25, -0.2) is 4.98 Å². The fourth-order valence-electron chi connectivity index (χ4n) is 3.82. The van der Waals surface area contributed by atoms with Crippen molar-refractivity contribution in [2.75, 3.05) is 13.1 Å². The Morgan fingerprint density at radius 2 is 2.22 bits per heavy atom. The number of carbonyl (C=O) groups is 2. The lowest BCUT2D eigenvalue weighted by atomic mass is 9.97. The highest BCUT2D eigenvalue weighted by Gasteiger charge is 2.29. The van der Waals surface area contributed by atoms with Crippen LogP contribution in [0.25, 0.3) is 11.0 Å². The summed E-state index contributed by atoms with van der Waals surface area (Å²) in [6.45, 7) is 3.30. The standard InChI is InChI=1S/C20H22N4O3/c1-13-4-2-5-14-10-16(27-18(13)14)20(26)24-8-3-6-15(11-24)19-22-7-9-23(19)12-17(21)25/h2,4-5,7,9-10,15H,3,6,8,11-12H2,1H3,(H2,21,25)/t15-/m0/s1. The first-order valence-corrected chi connectivity index (χ1v) is 9.10. The summed E-state index contributed by atoms with van der Waals surface area (Å²) in [6, 6.07) is 7.68. The summed E-state index contributed by atoms with van der Waals surface area (Å²) in [7, 11) is 0. The van der Waals surface area contributed by atoms with Crippen LogP contribution in [0.15, 0.2) is 41.1 Å². The lowest BCUT2D eigenvalue weighted by Gasteiger charge is -2.32. The number of furan rings is 1. The molecular formula is C20H22N4O3. The Labute approximate surface area is 156 Å². The van der Waals surface area contributed by atoms with Crippen LogP contribution in [0.4, 0.5) is 0 Å². The van der Waals surface area contributed by atoms with E-state index in [1.165, 1.54) is 0 Å². The van der Waals surface area contributed by atoms with E-state index >= 15 is 0 Å². The molecule has 1 saturated heterocycles. The second-order valence-corrected chi connectivity index (χ2v) is 7.07. The molecule has 0 radical (unpaired) electrons. The van der Waals surface area contributed by atoms with E-state index in [1.54, 1.807) is 17.0 Å². The number of piperidine rings is 1. The van der Waals surface area contributed by atoms with Crippen molar-refractivity contribution in [1.29, 1.82) is 0 Å². The number of rotatable bonds is 4. The second-order valence-electron chi connectivity index (χ2n) is 7.07. The Kier molecular flexibility index (Phi) is 4.43. The predicted molar refractivity (Wildman–Crippen MR) is 100 cm³/mol. The molecule has 4 rings (SSSR count). The van der Waals surface area contributed by atoms with E-state index in [9.17, 15) is 9.59 Å². The van der Waals surface area contributed by atoms with Gasteiger partial charge in [0.15, 0.2) is 5.76 Å². The number of fused-ring (bicyclic) bond motifs is 1. The van der Waals surface area contributed by atoms with Crippen molar-refractivity contribution in [3.8, 4) is 0 Å². The predicted octanol–water partition coefficient (Wildman–Crippen LogP) is 2.44. The minimum atomic E-state index is -0.407. The first-order valence-electron chi connectivity index (χ1n) is 9.10. The average Bonchev–Trinajstić information content (AvgIpc) is 3.28. The molecule has 1 aromatic carbocycles. The largest absolute Gasteiger partial charge is 0.451 e. The van der Waals surface area contributed by atoms with Gasteiger partial charge in [0.2, 0.25) is 5.91 Å². The van der Waals surface area contributed by atoms with Crippen molar-refractivity contribution in [3.05, 3.63) is 53.8 Å². The number of aryl methyl sites for hydroxylation is 1. The maximum atomic E-state index is 13.0. The minimum Gasteiger partial charge on any atom is -0.451 e. The van der Waals surface area contributed by atoms with Crippen LogP contribution in [0.1, 0.15) is 40.7 Å². The molecule has 0 aliphatic carbocycles. The quantitative estimate of drug-likeness (QED) is 0.767. The number of nitrogens with two attached hydrogens (primary N) is 1. The van der Waals surface area contributed by atoms with Gasteiger partial charge in [-0.1, -0.05) is 18.2 Å². The molecule has 0 saturated carbocycles. The molecule has 0 unspecified atom stereocenters. The van der Waals surface area contributed by atoms with Gasteiger partial charge in [-0.3, -0.25) is 9.59 Å². The lowest BCUT2D eigenvalue weighted by molar-refractivity contribution is -0.118. The highest BCUT2D eigenvalue weighted by molar-refractivity contribution is 5.96. The van der Waals surface area contributed by atoms with Crippen molar-refractivity contribution in [2.45, 2.75) is 32.2 Å². The molecule has 2 amide bonds. The van der Waals surface area contributed by atoms with Crippen LogP contribution in [0.5, 0.6) is 0 Å². The molecule has 140 valence electrons. The number of benzene rings is 1. The molecule has 2 aromatic heterocycles. The van der Waals surface area contributed by atoms with Crippen molar-refractivity contribution in [1.82, 2.24) is 14.5 Å². The number of nitrogens with zero attached hydrogens (tertiary/aromatic N) is 3. The number of primary amides is 1. The van der Waals surface area contributed by atoms with Gasteiger partial charge < -0.3 is 19.6 Å². The Hall–Kier alpha value is -3.09. The highest BCUT2D eigenvalue weighted by Crippen LogP contribution is 2.29. The average molecular weight is 366 g/mol. The molecule has 27 heavy (non-hydrogen) atoms. The maximum absolute atomic E-state index is 13.0. The molecule has 3 heterocycles. The molecule has 7 heteroatoms. The summed E-state index contributed by atoms with van der Waals surface area (Å²) in [4.78, 5) is 30.5. The van der Waals surface area contributed by atoms with Crippen LogP contribution in [0.2, 0.25) is 0 Å². The third kappa shape index (κ3) is 3.32. The molecular weight excluding hydrogens is 344 g/mol. The molecule has 1 fully saturated rings. The zero-order valence-corrected chi connectivity index (χ0v) is 15.2. The number of hydrogen-bond donors (Lipinski definition) is 1. The van der Waals surface area contributed by atoms with E-state index in [2.05, 4.69) is 4.98 Å². The zero-order chi connectivity index (χ0) is 19.0. The first-order chi connectivity index (χ1) is 13.0. The van der Waals surface area contributed by atoms with Gasteiger partial charge in [-0.05, 0) is 31.4 Å². The Balaban J connectivity index is 1.55. The van der Waals surface area contributed by atoms with Crippen LogP contribution >= 0.6 is 0 Å². The van der Waals surface area contributed by atoms with Gasteiger partial charge in [0.1, 0.15) is 18.0 Å². The van der Waals surface area contributed by atoms with Crippen LogP contribution in [-0.2, 0) is 11.3 Å². The SMILES string of the molecule is Cc1cccc2cc(C(=O)N3CCC[C@H](c4nccn4CC(N)=O)C3)oc12. The van der Waals surface area contributed by atoms with Crippen LogP contribution in [-0.4, -0.2) is 39.4 Å². The summed E-state index contributed by atoms with van der Waals surface area (Å²) in [5, 5.41) is 0.934. The number of likely N-dealkylation sites (tertiary alicyclic amines) is 1. The van der Waals surface area contributed by atoms with Gasteiger partial charge in [-0.15, -0.1) is 0 Å². The van der Waals surface area contributed by atoms with E-state index in [0.717, 1.165) is 35.2 Å². The highest BCUT2D eigenvalue weighted by atomic mass is 16.3. The summed E-state index contributed by atoms with van der Waals surface area (Å²) >= 11 is 0. The Morgan fingerprint density at radius 1 is 1.37 bits per heavy atom. The molecule has 7 nitrogen and oxygen atoms in total. The van der Waals surface area contributed by atoms with Crippen molar-refractivity contribution in [2.24, 2.45) is 5.73 Å². The zero-order valence-electron chi connectivity index (χ0n) is 15.2. The second kappa shape index (κ2) is 6.90. The lowest BCUT2D eigenvalue weighted by Crippen LogP contribution is -2.39. The number of aromatic nitrogens is 2. The monoisotopic (exact) mass is 366 g/mol. The van der Waals surface area contributed by atoms with E-state index in [0.29, 0.717) is 18.8 Å². The summed E-state index contributed by atoms with van der Waals surface area (Å²) in [5.41, 5.74) is 7.08.